The van der Waals surface area contributed by atoms with E-state index in [0.717, 1.165) is 6.07 Å². The molecule has 0 aromatic heterocycles. The summed E-state index contributed by atoms with van der Waals surface area (Å²) in [6, 6.07) is 2.69. The first kappa shape index (κ1) is 16.6. The Balaban J connectivity index is 2.67. The van der Waals surface area contributed by atoms with Gasteiger partial charge in [0.15, 0.2) is 0 Å². The quantitative estimate of drug-likeness (QED) is 0.827. The Hall–Kier alpha value is -1.47. The monoisotopic (exact) mass is 321 g/mol. The number of carboxylic acids is 1. The van der Waals surface area contributed by atoms with Crippen molar-refractivity contribution < 1.29 is 23.3 Å². The molecule has 0 radical (unpaired) electrons. The molecule has 0 spiro atoms. The lowest BCUT2D eigenvalue weighted by molar-refractivity contribution is -0.140. The fraction of sp³-hybridized carbons (Fsp3) is 0.333. The Morgan fingerprint density at radius 1 is 1.50 bits per heavy atom. The zero-order chi connectivity index (χ0) is 15.3. The minimum Gasteiger partial charge on any atom is -0.480 e. The van der Waals surface area contributed by atoms with E-state index in [2.05, 4.69) is 5.32 Å². The van der Waals surface area contributed by atoms with Gasteiger partial charge in [-0.3, -0.25) is 9.00 Å². The minimum absolute atomic E-state index is 0.0311. The van der Waals surface area contributed by atoms with Gasteiger partial charge in [-0.15, -0.1) is 0 Å². The van der Waals surface area contributed by atoms with E-state index >= 15 is 0 Å². The number of benzene rings is 1. The Labute approximate surface area is 122 Å². The molecule has 1 rings (SSSR count). The standard InChI is InChI=1S/C12H13ClFNO4S/c1-7(16)15-11(12(17)18)6-20(19)5-8-2-3-10(14)9(13)4-8/h2-4,11H,5-6H2,1H3,(H,15,16)(H,17,18). The largest absolute Gasteiger partial charge is 0.480 e. The smallest absolute Gasteiger partial charge is 0.327 e. The van der Waals surface area contributed by atoms with Crippen molar-refractivity contribution in [2.75, 3.05) is 5.75 Å². The molecular weight excluding hydrogens is 309 g/mol. The van der Waals surface area contributed by atoms with Gasteiger partial charge in [0.05, 0.1) is 10.8 Å². The molecule has 5 nitrogen and oxygen atoms in total. The second kappa shape index (κ2) is 7.35. The van der Waals surface area contributed by atoms with Crippen molar-refractivity contribution in [3.8, 4) is 0 Å². The topological polar surface area (TPSA) is 83.5 Å². The molecule has 8 heteroatoms. The number of carbonyl (C=O) groups is 2. The van der Waals surface area contributed by atoms with Crippen LogP contribution in [0.5, 0.6) is 0 Å². The van der Waals surface area contributed by atoms with Crippen molar-refractivity contribution in [1.82, 2.24) is 5.32 Å². The summed E-state index contributed by atoms with van der Waals surface area (Å²) in [5, 5.41) is 11.0. The lowest BCUT2D eigenvalue weighted by Gasteiger charge is -2.12. The predicted molar refractivity (Wildman–Crippen MR) is 73.4 cm³/mol. The van der Waals surface area contributed by atoms with E-state index in [1.165, 1.54) is 19.1 Å². The van der Waals surface area contributed by atoms with Gasteiger partial charge in [0.25, 0.3) is 0 Å². The average molecular weight is 322 g/mol. The molecule has 0 heterocycles. The molecular formula is C12H13ClFNO4S. The van der Waals surface area contributed by atoms with Gasteiger partial charge in [0, 0.05) is 23.5 Å². The third kappa shape index (κ3) is 5.26. The van der Waals surface area contributed by atoms with E-state index < -0.39 is 34.5 Å². The van der Waals surface area contributed by atoms with Crippen LogP contribution in [0.1, 0.15) is 12.5 Å². The molecule has 20 heavy (non-hydrogen) atoms. The number of hydrogen-bond acceptors (Lipinski definition) is 3. The Bertz CT molecular complexity index is 552. The molecule has 0 aliphatic rings. The number of carbonyl (C=O) groups excluding carboxylic acids is 1. The maximum atomic E-state index is 13.0. The first-order valence-electron chi connectivity index (χ1n) is 5.58. The third-order valence-corrected chi connectivity index (χ3v) is 3.99. The van der Waals surface area contributed by atoms with E-state index in [1.54, 1.807) is 0 Å². The van der Waals surface area contributed by atoms with Crippen molar-refractivity contribution in [3.63, 3.8) is 0 Å². The zero-order valence-corrected chi connectivity index (χ0v) is 12.1. The highest BCUT2D eigenvalue weighted by atomic mass is 35.5. The van der Waals surface area contributed by atoms with E-state index in [1.807, 2.05) is 0 Å². The summed E-state index contributed by atoms with van der Waals surface area (Å²) in [4.78, 5) is 21.7. The highest BCUT2D eigenvalue weighted by Gasteiger charge is 2.21. The summed E-state index contributed by atoms with van der Waals surface area (Å²) in [6.07, 6.45) is 0. The summed E-state index contributed by atoms with van der Waals surface area (Å²) in [7, 11) is -1.53. The molecule has 0 aliphatic heterocycles. The maximum absolute atomic E-state index is 13.0. The summed E-state index contributed by atoms with van der Waals surface area (Å²) < 4.78 is 24.8. The third-order valence-electron chi connectivity index (χ3n) is 2.34. The molecule has 1 amide bonds. The SMILES string of the molecule is CC(=O)NC(CS(=O)Cc1ccc(F)c(Cl)c1)C(=O)O. The molecule has 0 saturated heterocycles. The van der Waals surface area contributed by atoms with Crippen LogP contribution in [0.4, 0.5) is 4.39 Å². The number of carboxylic acid groups (broad SMARTS) is 1. The highest BCUT2D eigenvalue weighted by Crippen LogP contribution is 2.17. The fourth-order valence-electron chi connectivity index (χ4n) is 1.48. The summed E-state index contributed by atoms with van der Waals surface area (Å²) in [6.45, 7) is 1.18. The van der Waals surface area contributed by atoms with E-state index in [-0.39, 0.29) is 16.5 Å². The number of hydrogen-bond donors (Lipinski definition) is 2. The van der Waals surface area contributed by atoms with Crippen molar-refractivity contribution in [3.05, 3.63) is 34.6 Å². The second-order valence-corrected chi connectivity index (χ2v) is 6.00. The average Bonchev–Trinajstić information content (AvgIpc) is 2.32. The number of rotatable bonds is 6. The molecule has 0 bridgehead atoms. The van der Waals surface area contributed by atoms with Crippen LogP contribution in [-0.2, 0) is 26.1 Å². The predicted octanol–water partition coefficient (Wildman–Crippen LogP) is 1.32. The highest BCUT2D eigenvalue weighted by molar-refractivity contribution is 7.84. The number of amides is 1. The Kier molecular flexibility index (Phi) is 6.09. The van der Waals surface area contributed by atoms with Crippen LogP contribution in [0.25, 0.3) is 0 Å². The lowest BCUT2D eigenvalue weighted by atomic mass is 10.2. The molecule has 2 atom stereocenters. The molecule has 0 fully saturated rings. The molecule has 2 N–H and O–H groups in total. The van der Waals surface area contributed by atoms with Crippen LogP contribution in [-0.4, -0.2) is 33.0 Å². The van der Waals surface area contributed by atoms with Gasteiger partial charge in [-0.05, 0) is 17.7 Å². The van der Waals surface area contributed by atoms with Gasteiger partial charge in [-0.25, -0.2) is 9.18 Å². The summed E-state index contributed by atoms with van der Waals surface area (Å²) >= 11 is 5.60. The van der Waals surface area contributed by atoms with Crippen molar-refractivity contribution in [1.29, 1.82) is 0 Å². The van der Waals surface area contributed by atoms with Gasteiger partial charge in [-0.1, -0.05) is 17.7 Å². The van der Waals surface area contributed by atoms with Gasteiger partial charge < -0.3 is 10.4 Å². The van der Waals surface area contributed by atoms with Crippen LogP contribution in [0.15, 0.2) is 18.2 Å². The Morgan fingerprint density at radius 3 is 2.65 bits per heavy atom. The van der Waals surface area contributed by atoms with Crippen molar-refractivity contribution in [2.45, 2.75) is 18.7 Å². The van der Waals surface area contributed by atoms with Crippen LogP contribution in [0.3, 0.4) is 0 Å². The van der Waals surface area contributed by atoms with Crippen LogP contribution in [0, 0.1) is 5.82 Å². The van der Waals surface area contributed by atoms with Gasteiger partial charge >= 0.3 is 5.97 Å². The molecule has 1 aromatic rings. The summed E-state index contributed by atoms with van der Waals surface area (Å²) in [5.74, 6) is -2.56. The van der Waals surface area contributed by atoms with Crippen LogP contribution >= 0.6 is 11.6 Å². The van der Waals surface area contributed by atoms with Gasteiger partial charge in [0.2, 0.25) is 5.91 Å². The molecule has 1 aromatic carbocycles. The number of aliphatic carboxylic acids is 1. The Morgan fingerprint density at radius 2 is 2.15 bits per heavy atom. The van der Waals surface area contributed by atoms with Crippen molar-refractivity contribution in [2.24, 2.45) is 0 Å². The van der Waals surface area contributed by atoms with E-state index in [9.17, 15) is 18.2 Å². The first-order chi connectivity index (χ1) is 9.29. The normalized spacial score (nSPS) is 13.6. The van der Waals surface area contributed by atoms with E-state index in [4.69, 9.17) is 16.7 Å². The molecule has 0 aliphatic carbocycles. The zero-order valence-electron chi connectivity index (χ0n) is 10.6. The number of halogens is 2. The second-order valence-electron chi connectivity index (χ2n) is 4.09. The van der Waals surface area contributed by atoms with Gasteiger partial charge in [0.1, 0.15) is 11.9 Å². The maximum Gasteiger partial charge on any atom is 0.327 e. The van der Waals surface area contributed by atoms with Gasteiger partial charge in [-0.2, -0.15) is 0 Å². The molecule has 0 saturated carbocycles. The molecule has 110 valence electrons. The molecule has 2 unspecified atom stereocenters. The fourth-order valence-corrected chi connectivity index (χ4v) is 2.95. The summed E-state index contributed by atoms with van der Waals surface area (Å²) in [5.41, 5.74) is 0.529. The minimum atomic E-state index is -1.53. The van der Waals surface area contributed by atoms with Crippen molar-refractivity contribution >= 4 is 34.3 Å². The lowest BCUT2D eigenvalue weighted by Crippen LogP contribution is -2.43. The number of nitrogens with one attached hydrogen (secondary N) is 1. The van der Waals surface area contributed by atoms with E-state index in [0.29, 0.717) is 5.56 Å². The van der Waals surface area contributed by atoms with Crippen LogP contribution in [0.2, 0.25) is 5.02 Å². The first-order valence-corrected chi connectivity index (χ1v) is 7.45. The van der Waals surface area contributed by atoms with Crippen LogP contribution < -0.4 is 5.32 Å².